The lowest BCUT2D eigenvalue weighted by molar-refractivity contribution is -0.123. The van der Waals surface area contributed by atoms with E-state index in [0.29, 0.717) is 6.42 Å². The minimum Gasteiger partial charge on any atom is -0.360 e. The van der Waals surface area contributed by atoms with E-state index in [1.54, 1.807) is 0 Å². The molecule has 4 heteroatoms. The zero-order valence-corrected chi connectivity index (χ0v) is 10.9. The van der Waals surface area contributed by atoms with Crippen molar-refractivity contribution in [1.82, 2.24) is 0 Å². The summed E-state index contributed by atoms with van der Waals surface area (Å²) in [6, 6.07) is 0. The highest BCUT2D eigenvalue weighted by molar-refractivity contribution is 6.63. The van der Waals surface area contributed by atoms with Crippen LogP contribution in [0.25, 0.3) is 5.53 Å². The van der Waals surface area contributed by atoms with Crippen LogP contribution in [0.5, 0.6) is 0 Å². The molecule has 0 aromatic carbocycles. The topological polar surface area (TPSA) is 70.5 Å². The fraction of sp³-hybridized carbons (Fsp3) is 0.769. The van der Waals surface area contributed by atoms with Crippen LogP contribution in [0.15, 0.2) is 0 Å². The molecule has 0 spiro atoms. The molecule has 0 aliphatic rings. The molecule has 0 fully saturated rings. The molecular formula is C13H22N2O2. The van der Waals surface area contributed by atoms with Gasteiger partial charge in [-0.1, -0.05) is 45.4 Å². The molecule has 0 saturated carbocycles. The summed E-state index contributed by atoms with van der Waals surface area (Å²) in [4.78, 5) is 25.1. The van der Waals surface area contributed by atoms with E-state index < -0.39 is 5.78 Å². The molecule has 0 bridgehead atoms. The molecule has 0 amide bonds. The van der Waals surface area contributed by atoms with Gasteiger partial charge in [-0.25, -0.2) is 0 Å². The molecule has 0 aromatic rings. The van der Waals surface area contributed by atoms with Gasteiger partial charge in [0.05, 0.1) is 0 Å². The molecule has 96 valence electrons. The van der Waals surface area contributed by atoms with Crippen molar-refractivity contribution in [2.24, 2.45) is 0 Å². The van der Waals surface area contributed by atoms with E-state index >= 15 is 0 Å². The fourth-order valence-electron chi connectivity index (χ4n) is 1.68. The molecule has 0 aliphatic carbocycles. The minimum atomic E-state index is -0.472. The first-order valence-electron chi connectivity index (χ1n) is 6.39. The maximum atomic E-state index is 11.4. The highest BCUT2D eigenvalue weighted by atomic mass is 16.1. The van der Waals surface area contributed by atoms with Gasteiger partial charge in [0, 0.05) is 13.3 Å². The molecule has 0 rings (SSSR count). The molecule has 0 unspecified atom stereocenters. The number of Topliss-reactive ketones (excluding diaryl/α,β-unsaturated/α-hetero) is 2. The Morgan fingerprint density at radius 2 is 1.53 bits per heavy atom. The van der Waals surface area contributed by atoms with E-state index in [-0.39, 0.29) is 11.5 Å². The lowest BCUT2D eigenvalue weighted by Gasteiger charge is -1.99. The summed E-state index contributed by atoms with van der Waals surface area (Å²) < 4.78 is 0. The van der Waals surface area contributed by atoms with E-state index in [0.717, 1.165) is 19.3 Å². The first kappa shape index (κ1) is 15.7. The van der Waals surface area contributed by atoms with Crippen molar-refractivity contribution in [3.05, 3.63) is 5.53 Å². The summed E-state index contributed by atoms with van der Waals surface area (Å²) in [7, 11) is 0. The van der Waals surface area contributed by atoms with Crippen molar-refractivity contribution in [2.45, 2.75) is 65.2 Å². The predicted octanol–water partition coefficient (Wildman–Crippen LogP) is 2.96. The third kappa shape index (κ3) is 7.58. The van der Waals surface area contributed by atoms with Crippen LogP contribution in [0.4, 0.5) is 0 Å². The van der Waals surface area contributed by atoms with Crippen LogP contribution in [0, 0.1) is 0 Å². The standard InChI is InChI=1S/C13H22N2O2/c1-3-4-5-6-7-8-9-10-12(17)13(15-14)11(2)16/h3-10H2,1-2H3. The average molecular weight is 238 g/mol. The van der Waals surface area contributed by atoms with Crippen molar-refractivity contribution in [3.8, 4) is 0 Å². The van der Waals surface area contributed by atoms with Crippen LogP contribution in [-0.4, -0.2) is 22.1 Å². The molecule has 17 heavy (non-hydrogen) atoms. The summed E-state index contributed by atoms with van der Waals surface area (Å²) in [5.41, 5.74) is 8.19. The van der Waals surface area contributed by atoms with E-state index in [1.807, 2.05) is 0 Å². The number of ketones is 2. The van der Waals surface area contributed by atoms with Crippen molar-refractivity contribution in [2.75, 3.05) is 0 Å². The zero-order valence-electron chi connectivity index (χ0n) is 10.9. The van der Waals surface area contributed by atoms with Crippen LogP contribution in [-0.2, 0) is 9.59 Å². The molecule has 0 N–H and O–H groups in total. The molecule has 0 aromatic heterocycles. The number of nitrogens with zero attached hydrogens (tertiary/aromatic N) is 2. The summed E-state index contributed by atoms with van der Waals surface area (Å²) in [5.74, 6) is -0.825. The maximum absolute atomic E-state index is 11.4. The van der Waals surface area contributed by atoms with E-state index in [4.69, 9.17) is 5.53 Å². The van der Waals surface area contributed by atoms with Crippen LogP contribution in [0.1, 0.15) is 65.2 Å². The number of rotatable bonds is 10. The Labute approximate surface area is 103 Å². The third-order valence-corrected chi connectivity index (χ3v) is 2.70. The molecule has 0 radical (unpaired) electrons. The third-order valence-electron chi connectivity index (χ3n) is 2.70. The van der Waals surface area contributed by atoms with Crippen molar-refractivity contribution >= 4 is 17.3 Å². The molecular weight excluding hydrogens is 216 g/mol. The molecule has 0 saturated heterocycles. The highest BCUT2D eigenvalue weighted by Gasteiger charge is 2.24. The normalized spacial score (nSPS) is 9.76. The van der Waals surface area contributed by atoms with Crippen LogP contribution >= 0.6 is 0 Å². The first-order valence-corrected chi connectivity index (χ1v) is 6.39. The Morgan fingerprint density at radius 1 is 1.00 bits per heavy atom. The molecule has 0 atom stereocenters. The van der Waals surface area contributed by atoms with Crippen molar-refractivity contribution in [3.63, 3.8) is 0 Å². The van der Waals surface area contributed by atoms with E-state index in [9.17, 15) is 9.59 Å². The predicted molar refractivity (Wildman–Crippen MR) is 66.9 cm³/mol. The summed E-state index contributed by atoms with van der Waals surface area (Å²) in [6.07, 6.45) is 8.13. The van der Waals surface area contributed by atoms with Gasteiger partial charge in [-0.3, -0.25) is 9.59 Å². The van der Waals surface area contributed by atoms with Gasteiger partial charge >= 0.3 is 5.71 Å². The Hall–Kier alpha value is -1.28. The van der Waals surface area contributed by atoms with E-state index in [2.05, 4.69) is 11.7 Å². The second kappa shape index (κ2) is 9.91. The van der Waals surface area contributed by atoms with E-state index in [1.165, 1.54) is 32.6 Å². The van der Waals surface area contributed by atoms with Gasteiger partial charge in [0.15, 0.2) is 0 Å². The Balaban J connectivity index is 3.65. The summed E-state index contributed by atoms with van der Waals surface area (Å²) in [6.45, 7) is 3.41. The SMILES string of the molecule is CCCCCCCCCC(=O)C(=[N+]=[N-])C(C)=O. The Bertz CT molecular complexity index is 305. The largest absolute Gasteiger partial charge is 0.399 e. The van der Waals surface area contributed by atoms with Crippen LogP contribution in [0.3, 0.4) is 0 Å². The average Bonchev–Trinajstić information content (AvgIpc) is 2.28. The zero-order chi connectivity index (χ0) is 13.1. The lowest BCUT2D eigenvalue weighted by Crippen LogP contribution is -2.22. The van der Waals surface area contributed by atoms with Gasteiger partial charge in [-0.15, -0.1) is 0 Å². The summed E-state index contributed by atoms with van der Waals surface area (Å²) in [5, 5.41) is 0. The number of carbonyl (C=O) groups excluding carboxylic acids is 2. The lowest BCUT2D eigenvalue weighted by atomic mass is 10.0. The maximum Gasteiger partial charge on any atom is 0.399 e. The fourth-order valence-corrected chi connectivity index (χ4v) is 1.68. The van der Waals surface area contributed by atoms with Gasteiger partial charge in [0.1, 0.15) is 0 Å². The smallest absolute Gasteiger partial charge is 0.360 e. The molecule has 0 aliphatic heterocycles. The minimum absolute atomic E-state index is 0.298. The van der Waals surface area contributed by atoms with Crippen LogP contribution < -0.4 is 0 Å². The van der Waals surface area contributed by atoms with Gasteiger partial charge in [-0.2, -0.15) is 4.79 Å². The van der Waals surface area contributed by atoms with Gasteiger partial charge in [-0.05, 0) is 6.42 Å². The Morgan fingerprint density at radius 3 is 2.00 bits per heavy atom. The highest BCUT2D eigenvalue weighted by Crippen LogP contribution is 2.08. The first-order chi connectivity index (χ1) is 8.13. The summed E-state index contributed by atoms with van der Waals surface area (Å²) >= 11 is 0. The van der Waals surface area contributed by atoms with Crippen molar-refractivity contribution in [1.29, 1.82) is 0 Å². The molecule has 4 nitrogen and oxygen atoms in total. The van der Waals surface area contributed by atoms with Gasteiger partial charge < -0.3 is 5.53 Å². The quantitative estimate of drug-likeness (QED) is 0.193. The molecule has 0 heterocycles. The van der Waals surface area contributed by atoms with Crippen molar-refractivity contribution < 1.29 is 14.4 Å². The van der Waals surface area contributed by atoms with Crippen LogP contribution in [0.2, 0.25) is 0 Å². The number of carbonyl (C=O) groups is 2. The second-order valence-corrected chi connectivity index (χ2v) is 4.30. The van der Waals surface area contributed by atoms with Gasteiger partial charge in [0.2, 0.25) is 11.6 Å². The monoisotopic (exact) mass is 238 g/mol. The second-order valence-electron chi connectivity index (χ2n) is 4.30. The van der Waals surface area contributed by atoms with Gasteiger partial charge in [0.25, 0.3) is 0 Å². The number of unbranched alkanes of at least 4 members (excludes halogenated alkanes) is 6. The number of hydrogen-bond donors (Lipinski definition) is 0. The Kier molecular flexibility index (Phi) is 9.17. The number of hydrogen-bond acceptors (Lipinski definition) is 2.